The molecule has 2 N–H and O–H groups in total. The van der Waals surface area contributed by atoms with Crippen LogP contribution in [-0.4, -0.2) is 31.2 Å². The minimum Gasteiger partial charge on any atom is -0.491 e. The fourth-order valence-electron chi connectivity index (χ4n) is 3.85. The van der Waals surface area contributed by atoms with Gasteiger partial charge in [0.05, 0.1) is 6.61 Å². The van der Waals surface area contributed by atoms with Gasteiger partial charge in [0.25, 0.3) is 6.01 Å². The summed E-state index contributed by atoms with van der Waals surface area (Å²) in [5, 5.41) is 6.70. The highest BCUT2D eigenvalue weighted by Crippen LogP contribution is 2.22. The molecule has 1 saturated heterocycles. The molecule has 1 fully saturated rings. The number of unbranched alkanes of at least 4 members (excludes halogenated alkanes) is 3. The maximum atomic E-state index is 13.5. The number of benzene rings is 2. The van der Waals surface area contributed by atoms with Gasteiger partial charge in [0.2, 0.25) is 0 Å². The minimum absolute atomic E-state index is 0. The summed E-state index contributed by atoms with van der Waals surface area (Å²) in [5.74, 6) is 0.688. The summed E-state index contributed by atoms with van der Waals surface area (Å²) >= 11 is 0. The number of nitrogens with one attached hydrogen (secondary N) is 2. The first-order chi connectivity index (χ1) is 14.8. The quantitative estimate of drug-likeness (QED) is 0.375. The van der Waals surface area contributed by atoms with E-state index < -0.39 is 0 Å². The molecular weight excluding hydrogens is 417 g/mol. The Hall–Kier alpha value is -2.31. The average Bonchev–Trinajstić information content (AvgIpc) is 3.42. The predicted octanol–water partition coefficient (Wildman–Crippen LogP) is 5.59. The third kappa shape index (κ3) is 6.84. The maximum absolute atomic E-state index is 13.5. The van der Waals surface area contributed by atoms with Crippen LogP contribution in [0.1, 0.15) is 37.7 Å². The Kier molecular flexibility index (Phi) is 8.98. The van der Waals surface area contributed by atoms with Gasteiger partial charge in [0.1, 0.15) is 5.52 Å². The third-order valence-electron chi connectivity index (χ3n) is 5.61. The molecule has 2 heterocycles. The second-order valence-electron chi connectivity index (χ2n) is 8.00. The van der Waals surface area contributed by atoms with E-state index in [4.69, 9.17) is 9.15 Å². The lowest BCUT2D eigenvalue weighted by Crippen LogP contribution is -2.17. The Labute approximate surface area is 189 Å². The molecule has 0 amide bonds. The molecule has 5 nitrogen and oxygen atoms in total. The van der Waals surface area contributed by atoms with E-state index in [1.54, 1.807) is 18.2 Å². The zero-order valence-corrected chi connectivity index (χ0v) is 18.6. The molecule has 168 valence electrons. The van der Waals surface area contributed by atoms with Gasteiger partial charge in [-0.2, -0.15) is 4.98 Å². The van der Waals surface area contributed by atoms with Gasteiger partial charge in [-0.1, -0.05) is 31.0 Å². The fourth-order valence-corrected chi connectivity index (χ4v) is 3.85. The highest BCUT2D eigenvalue weighted by molar-refractivity contribution is 5.85. The largest absolute Gasteiger partial charge is 0.491 e. The number of nitrogens with zero attached hydrogens (tertiary/aromatic N) is 1. The minimum atomic E-state index is -0.297. The van der Waals surface area contributed by atoms with Crippen molar-refractivity contribution in [1.29, 1.82) is 0 Å². The zero-order valence-electron chi connectivity index (χ0n) is 17.7. The second-order valence-corrected chi connectivity index (χ2v) is 8.00. The summed E-state index contributed by atoms with van der Waals surface area (Å²) in [7, 11) is 0. The van der Waals surface area contributed by atoms with E-state index in [0.717, 1.165) is 62.8 Å². The summed E-state index contributed by atoms with van der Waals surface area (Å²) in [6.07, 6.45) is 6.45. The number of oxazole rings is 1. The Morgan fingerprint density at radius 3 is 2.84 bits per heavy atom. The van der Waals surface area contributed by atoms with Crippen LogP contribution in [0.4, 0.5) is 10.4 Å². The van der Waals surface area contributed by atoms with E-state index in [1.165, 1.54) is 18.1 Å². The van der Waals surface area contributed by atoms with E-state index in [9.17, 15) is 4.39 Å². The first kappa shape index (κ1) is 23.4. The number of aromatic nitrogens is 1. The molecule has 1 aromatic heterocycles. The van der Waals surface area contributed by atoms with Crippen molar-refractivity contribution in [3.8, 4) is 5.75 Å². The van der Waals surface area contributed by atoms with Crippen molar-refractivity contribution in [1.82, 2.24) is 10.3 Å². The lowest BCUT2D eigenvalue weighted by molar-refractivity contribution is 0.290. The van der Waals surface area contributed by atoms with Crippen molar-refractivity contribution in [3.05, 3.63) is 53.8 Å². The van der Waals surface area contributed by atoms with Crippen molar-refractivity contribution in [2.75, 3.05) is 31.6 Å². The summed E-state index contributed by atoms with van der Waals surface area (Å²) < 4.78 is 24.9. The molecule has 0 aliphatic carbocycles. The first-order valence-corrected chi connectivity index (χ1v) is 11.0. The molecule has 0 saturated carbocycles. The van der Waals surface area contributed by atoms with Crippen molar-refractivity contribution >= 4 is 29.5 Å². The summed E-state index contributed by atoms with van der Waals surface area (Å²) in [6.45, 7) is 3.61. The number of anilines is 1. The van der Waals surface area contributed by atoms with Crippen LogP contribution in [0.25, 0.3) is 11.1 Å². The second kappa shape index (κ2) is 11.9. The number of ether oxygens (including phenoxy) is 1. The van der Waals surface area contributed by atoms with Crippen LogP contribution in [0, 0.1) is 11.7 Å². The number of rotatable bonds is 11. The number of hydrogen-bond donors (Lipinski definition) is 2. The smallest absolute Gasteiger partial charge is 0.295 e. The molecule has 0 unspecified atom stereocenters. The van der Waals surface area contributed by atoms with Crippen LogP contribution in [0.3, 0.4) is 0 Å². The third-order valence-corrected chi connectivity index (χ3v) is 5.61. The molecule has 0 spiro atoms. The summed E-state index contributed by atoms with van der Waals surface area (Å²) in [4.78, 5) is 4.54. The van der Waals surface area contributed by atoms with Crippen molar-refractivity contribution in [2.24, 2.45) is 5.92 Å². The Balaban J connectivity index is 0.00000272. The number of fused-ring (bicyclic) bond motifs is 1. The topological polar surface area (TPSA) is 59.3 Å². The van der Waals surface area contributed by atoms with Gasteiger partial charge in [-0.05, 0) is 74.5 Å². The van der Waals surface area contributed by atoms with Crippen LogP contribution < -0.4 is 15.4 Å². The summed E-state index contributed by atoms with van der Waals surface area (Å²) in [6, 6.07) is 13.4. The van der Waals surface area contributed by atoms with Gasteiger partial charge in [0, 0.05) is 6.54 Å². The van der Waals surface area contributed by atoms with Crippen LogP contribution >= 0.6 is 12.4 Å². The predicted molar refractivity (Wildman–Crippen MR) is 125 cm³/mol. The van der Waals surface area contributed by atoms with E-state index in [1.807, 2.05) is 6.07 Å². The maximum Gasteiger partial charge on any atom is 0.295 e. The molecule has 1 aliphatic rings. The Bertz CT molecular complexity index is 943. The van der Waals surface area contributed by atoms with Gasteiger partial charge in [-0.25, -0.2) is 4.39 Å². The fraction of sp³-hybridized carbons (Fsp3) is 0.458. The molecular formula is C24H31ClFN3O2. The van der Waals surface area contributed by atoms with Gasteiger partial charge >= 0.3 is 0 Å². The van der Waals surface area contributed by atoms with Crippen molar-refractivity contribution in [3.63, 3.8) is 0 Å². The zero-order chi connectivity index (χ0) is 20.6. The molecule has 4 rings (SSSR count). The van der Waals surface area contributed by atoms with E-state index >= 15 is 0 Å². The Morgan fingerprint density at radius 2 is 2.00 bits per heavy atom. The number of para-hydroxylation sites is 1. The van der Waals surface area contributed by atoms with Crippen LogP contribution in [-0.2, 0) is 6.42 Å². The molecule has 3 aromatic rings. The lowest BCUT2D eigenvalue weighted by atomic mass is 10.1. The van der Waals surface area contributed by atoms with E-state index in [2.05, 4.69) is 27.8 Å². The molecule has 0 radical (unpaired) electrons. The first-order valence-electron chi connectivity index (χ1n) is 11.0. The van der Waals surface area contributed by atoms with Gasteiger partial charge in [-0.15, -0.1) is 12.4 Å². The van der Waals surface area contributed by atoms with Gasteiger partial charge < -0.3 is 19.8 Å². The molecule has 7 heteroatoms. The normalized spacial score (nSPS) is 15.7. The molecule has 31 heavy (non-hydrogen) atoms. The molecule has 0 bridgehead atoms. The Morgan fingerprint density at radius 1 is 1.13 bits per heavy atom. The van der Waals surface area contributed by atoms with Crippen molar-refractivity contribution in [2.45, 2.75) is 38.5 Å². The standard InChI is InChI=1S/C24H30FN3O2.ClH/c25-20-8-4-5-9-22(20)29-14-6-2-1-3-7-18-10-11-21-23(15-18)30-24(28-21)27-17-19-12-13-26-16-19;/h4-5,8-11,15,19,26H,1-3,6-7,12-14,16-17H2,(H,27,28);1H/t19-;/m0./s1. The molecule has 2 aromatic carbocycles. The number of hydrogen-bond acceptors (Lipinski definition) is 5. The molecule has 1 atom stereocenters. The average molecular weight is 448 g/mol. The van der Waals surface area contributed by atoms with Crippen molar-refractivity contribution < 1.29 is 13.5 Å². The van der Waals surface area contributed by atoms with Gasteiger partial charge in [-0.3, -0.25) is 0 Å². The molecule has 1 aliphatic heterocycles. The van der Waals surface area contributed by atoms with Crippen LogP contribution in [0.2, 0.25) is 0 Å². The van der Waals surface area contributed by atoms with Crippen LogP contribution in [0.5, 0.6) is 5.75 Å². The number of halogens is 2. The van der Waals surface area contributed by atoms with E-state index in [0.29, 0.717) is 24.3 Å². The summed E-state index contributed by atoms with van der Waals surface area (Å²) in [5.41, 5.74) is 3.02. The number of aryl methyl sites for hydroxylation is 1. The lowest BCUT2D eigenvalue weighted by Gasteiger charge is -2.07. The van der Waals surface area contributed by atoms with Gasteiger partial charge in [0.15, 0.2) is 17.1 Å². The van der Waals surface area contributed by atoms with E-state index in [-0.39, 0.29) is 18.2 Å². The highest BCUT2D eigenvalue weighted by Gasteiger charge is 2.15. The SMILES string of the molecule is Cl.Fc1ccccc1OCCCCCCc1ccc2nc(NC[C@H]3CCNC3)oc2c1. The highest BCUT2D eigenvalue weighted by atomic mass is 35.5. The monoisotopic (exact) mass is 447 g/mol. The van der Waals surface area contributed by atoms with Crippen LogP contribution in [0.15, 0.2) is 46.9 Å².